The van der Waals surface area contributed by atoms with Gasteiger partial charge in [0.1, 0.15) is 11.6 Å². The van der Waals surface area contributed by atoms with Crippen molar-refractivity contribution in [3.63, 3.8) is 0 Å². The topological polar surface area (TPSA) is 297 Å². The molecule has 0 saturated carbocycles. The van der Waals surface area contributed by atoms with Crippen LogP contribution in [0.15, 0.2) is 146 Å². The Kier molecular flexibility index (Phi) is 17.4. The Labute approximate surface area is 484 Å². The molecule has 4 aliphatic heterocycles. The van der Waals surface area contributed by atoms with Crippen LogP contribution < -0.4 is 50.3 Å². The molecule has 4 aliphatic rings. The van der Waals surface area contributed by atoms with E-state index in [1.807, 2.05) is 31.2 Å². The molecule has 0 aromatic heterocycles. The molecule has 2 atom stereocenters. The lowest BCUT2D eigenvalue weighted by Crippen LogP contribution is -2.36. The molecule has 85 heavy (non-hydrogen) atoms. The molecular weight excluding hydrogens is 1160 g/mol. The van der Waals surface area contributed by atoms with E-state index >= 15 is 0 Å². The van der Waals surface area contributed by atoms with Gasteiger partial charge in [0, 0.05) is 41.4 Å². The second-order valence-corrected chi connectivity index (χ2v) is 22.8. The number of nitrogens with one attached hydrogen (secondary N) is 4. The zero-order valence-electron chi connectivity index (χ0n) is 44.2. The predicted octanol–water partition coefficient (Wildman–Crippen LogP) is 2.93. The number of fused-ring (bicyclic) bond motifs is 4. The SMILES string of the molecule is C=S1(=O)Nc2ccc(-c3cc(F)cc(B(O)O)c3)cc2O1.C=S1(=O)Nc2ccc(-c3ccc(F)c(B(O)O)c3)cc2O1.Cc1cc(B(O)O)cc(-c2ccc3c(c2)CNC3=O)c1.O=C1NCc2cc(-c3ccc(C(F)(F)F)c(B(O)O)c3)ccc21. The minimum absolute atomic E-state index is 0.0396. The quantitative estimate of drug-likeness (QED) is 0.0592. The third kappa shape index (κ3) is 14.2. The van der Waals surface area contributed by atoms with Crippen molar-refractivity contribution in [2.45, 2.75) is 26.2 Å². The summed E-state index contributed by atoms with van der Waals surface area (Å²) in [7, 11) is -13.0. The number of aryl methyl sites for hydroxylation is 1. The van der Waals surface area contributed by atoms with Gasteiger partial charge >= 0.3 is 34.6 Å². The molecule has 0 spiro atoms. The normalized spacial score (nSPS) is 16.4. The van der Waals surface area contributed by atoms with Crippen LogP contribution in [0, 0.1) is 18.6 Å². The molecule has 0 bridgehead atoms. The average Bonchev–Trinajstić information content (AvgIpc) is 3.79. The van der Waals surface area contributed by atoms with E-state index in [1.54, 1.807) is 66.7 Å². The highest BCUT2D eigenvalue weighted by molar-refractivity contribution is 7.98. The van der Waals surface area contributed by atoms with E-state index < -0.39 is 77.3 Å². The molecule has 434 valence electrons. The molecule has 0 fully saturated rings. The van der Waals surface area contributed by atoms with Crippen LogP contribution in [0.25, 0.3) is 44.5 Å². The minimum atomic E-state index is -4.67. The van der Waals surface area contributed by atoms with E-state index in [0.29, 0.717) is 85.9 Å². The average molecular weight is 1200 g/mol. The van der Waals surface area contributed by atoms with E-state index in [-0.39, 0.29) is 22.7 Å². The lowest BCUT2D eigenvalue weighted by Gasteiger charge is -2.14. The molecule has 12 N–H and O–H groups in total. The fourth-order valence-corrected chi connectivity index (χ4v) is 11.3. The van der Waals surface area contributed by atoms with E-state index in [2.05, 4.69) is 31.8 Å². The van der Waals surface area contributed by atoms with Gasteiger partial charge in [-0.15, -0.1) is 0 Å². The summed E-state index contributed by atoms with van der Waals surface area (Å²) in [6, 6.07) is 36.9. The van der Waals surface area contributed by atoms with Gasteiger partial charge in [0.15, 0.2) is 11.5 Å². The fraction of sp³-hybridized carbons (Fsp3) is 0.0714. The second kappa shape index (κ2) is 24.3. The van der Waals surface area contributed by atoms with Crippen LogP contribution >= 0.6 is 0 Å². The van der Waals surface area contributed by atoms with Crippen LogP contribution in [0.5, 0.6) is 11.5 Å². The minimum Gasteiger partial charge on any atom is -0.423 e. The summed E-state index contributed by atoms with van der Waals surface area (Å²) in [6.45, 7) is 2.81. The van der Waals surface area contributed by atoms with Gasteiger partial charge in [0.25, 0.3) is 11.8 Å². The van der Waals surface area contributed by atoms with Crippen molar-refractivity contribution in [2.24, 2.45) is 0 Å². The monoisotopic (exact) mass is 1200 g/mol. The molecule has 4 heterocycles. The molecule has 2 amide bonds. The lowest BCUT2D eigenvalue weighted by molar-refractivity contribution is -0.136. The number of halogens is 5. The van der Waals surface area contributed by atoms with Gasteiger partial charge in [-0.25, -0.2) is 17.2 Å². The van der Waals surface area contributed by atoms with Gasteiger partial charge in [-0.2, -0.15) is 13.2 Å². The first kappa shape index (κ1) is 61.1. The van der Waals surface area contributed by atoms with E-state index in [0.717, 1.165) is 52.1 Å². The molecule has 8 aromatic rings. The van der Waals surface area contributed by atoms with Crippen LogP contribution in [-0.4, -0.2) is 101 Å². The molecule has 29 heteroatoms. The van der Waals surface area contributed by atoms with Crippen LogP contribution in [0.1, 0.15) is 43.0 Å². The standard InChI is InChI=1S/C15H11BF3NO3.C15H14BNO3.2C13H11BFNO4S/c17-15(18,19)12-4-2-9(6-13(12)16(22)23)8-1-3-11-10(5-8)7-20-14(11)21;1-9-4-11(7-13(5-9)16(19)20)10-2-3-14-12(6-10)8-17-15(14)18;1-21(19)16-12-5-3-9(7-13(12)20-21)8-2-4-11(15)10(6-8)14(17)18;1-21(19)16-12-3-2-8(6-13(12)20-21)9-4-10(14(17)18)7-11(15)5-9/h1-6,22-23H,7H2,(H,20,21);2-7,19-20H,8H2,1H3,(H,17,18);2*2-7,17-18H,1H2,(H,16,19). The van der Waals surface area contributed by atoms with Crippen LogP contribution in [0.3, 0.4) is 0 Å². The van der Waals surface area contributed by atoms with Crippen molar-refractivity contribution >= 4 is 105 Å². The third-order valence-electron chi connectivity index (χ3n) is 13.4. The van der Waals surface area contributed by atoms with Crippen molar-refractivity contribution in [1.29, 1.82) is 0 Å². The fourth-order valence-electron chi connectivity index (χ4n) is 9.39. The first-order chi connectivity index (χ1) is 40.0. The Bertz CT molecular complexity index is 4200. The number of carbonyl (C=O) groups excluding carboxylic acids is 2. The van der Waals surface area contributed by atoms with Gasteiger partial charge in [-0.3, -0.25) is 19.0 Å². The molecule has 2 unspecified atom stereocenters. The molecule has 0 aliphatic carbocycles. The summed E-state index contributed by atoms with van der Waals surface area (Å²) in [6.07, 6.45) is -4.67. The second-order valence-electron chi connectivity index (χ2n) is 19.6. The van der Waals surface area contributed by atoms with Gasteiger partial charge in [-0.1, -0.05) is 78.4 Å². The first-order valence-electron chi connectivity index (χ1n) is 25.2. The maximum atomic E-state index is 13.5. The number of benzene rings is 8. The molecule has 0 radical (unpaired) electrons. The number of carbonyl (C=O) groups is 2. The largest absolute Gasteiger partial charge is 0.491 e. The Balaban J connectivity index is 0.000000136. The van der Waals surface area contributed by atoms with Gasteiger partial charge in [0.05, 0.1) is 16.9 Å². The van der Waals surface area contributed by atoms with E-state index in [1.165, 1.54) is 30.3 Å². The highest BCUT2D eigenvalue weighted by Crippen LogP contribution is 2.38. The zero-order chi connectivity index (χ0) is 61.4. The zero-order valence-corrected chi connectivity index (χ0v) is 45.9. The summed E-state index contributed by atoms with van der Waals surface area (Å²) in [5.74, 6) is 6.03. The molecule has 8 aromatic carbocycles. The number of amides is 2. The van der Waals surface area contributed by atoms with Crippen molar-refractivity contribution < 1.29 is 88.5 Å². The van der Waals surface area contributed by atoms with Gasteiger partial charge in [-0.05, 0) is 152 Å². The Morgan fingerprint density at radius 2 is 0.894 bits per heavy atom. The summed E-state index contributed by atoms with van der Waals surface area (Å²) >= 11 is 0. The predicted molar refractivity (Wildman–Crippen MR) is 318 cm³/mol. The maximum Gasteiger partial charge on any atom is 0.491 e. The van der Waals surface area contributed by atoms with Crippen LogP contribution in [-0.2, 0) is 39.2 Å². The van der Waals surface area contributed by atoms with Crippen molar-refractivity contribution in [3.8, 4) is 56.0 Å². The highest BCUT2D eigenvalue weighted by atomic mass is 32.2. The first-order valence-corrected chi connectivity index (χ1v) is 28.5. The number of rotatable bonds is 8. The van der Waals surface area contributed by atoms with Crippen molar-refractivity contribution in [2.75, 3.05) is 9.44 Å². The summed E-state index contributed by atoms with van der Waals surface area (Å²) in [4.78, 5) is 23.0. The molecular formula is C56H47B4F5N4O14S2. The number of anilines is 2. The Morgan fingerprint density at radius 3 is 1.39 bits per heavy atom. The van der Waals surface area contributed by atoms with Crippen LogP contribution in [0.2, 0.25) is 0 Å². The van der Waals surface area contributed by atoms with Crippen molar-refractivity contribution in [3.05, 3.63) is 191 Å². The van der Waals surface area contributed by atoms with Gasteiger partial charge in [0.2, 0.25) is 20.0 Å². The number of hydrogen-bond acceptors (Lipinski definition) is 14. The van der Waals surface area contributed by atoms with E-state index in [9.17, 15) is 60.1 Å². The highest BCUT2D eigenvalue weighted by Gasteiger charge is 2.36. The lowest BCUT2D eigenvalue weighted by atomic mass is 9.75. The summed E-state index contributed by atoms with van der Waals surface area (Å²) < 4.78 is 105. The van der Waals surface area contributed by atoms with Crippen molar-refractivity contribution in [1.82, 2.24) is 10.6 Å². The van der Waals surface area contributed by atoms with E-state index in [4.69, 9.17) is 28.5 Å². The Morgan fingerprint density at radius 1 is 0.482 bits per heavy atom. The van der Waals surface area contributed by atoms with Gasteiger partial charge < -0.3 is 59.2 Å². The van der Waals surface area contributed by atoms with Crippen LogP contribution in [0.4, 0.5) is 33.3 Å². The summed E-state index contributed by atoms with van der Waals surface area (Å²) in [5, 5.41) is 79.1. The number of hydrogen-bond donors (Lipinski definition) is 12. The molecule has 0 saturated heterocycles. The Hall–Kier alpha value is -8.47. The third-order valence-corrected chi connectivity index (χ3v) is 15.3. The smallest absolute Gasteiger partial charge is 0.423 e. The molecule has 18 nitrogen and oxygen atoms in total. The molecule has 12 rings (SSSR count). The number of alkyl halides is 3. The summed E-state index contributed by atoms with van der Waals surface area (Å²) in [5.41, 5.74) is 8.78. The maximum absolute atomic E-state index is 13.5.